The molecule has 2 N–H and O–H groups in total. The van der Waals surface area contributed by atoms with Gasteiger partial charge in [-0.1, -0.05) is 18.6 Å². The number of nitrogens with one attached hydrogen (secondary N) is 2. The fraction of sp³-hybridized carbons (Fsp3) is 0.438. The molecule has 0 amide bonds. The highest BCUT2D eigenvalue weighted by atomic mass is 16.5. The second-order valence-electron chi connectivity index (χ2n) is 5.25. The van der Waals surface area contributed by atoms with Gasteiger partial charge in [0.2, 0.25) is 0 Å². The number of aromatic nitrogens is 1. The molecule has 1 aliphatic rings. The van der Waals surface area contributed by atoms with Crippen LogP contribution in [0.1, 0.15) is 19.3 Å². The number of piperidine rings is 1. The van der Waals surface area contributed by atoms with Crippen LogP contribution in [0.15, 0.2) is 30.5 Å². The lowest BCUT2D eigenvalue weighted by Gasteiger charge is -2.24. The van der Waals surface area contributed by atoms with Gasteiger partial charge in [0.15, 0.2) is 0 Å². The summed E-state index contributed by atoms with van der Waals surface area (Å²) in [6.07, 6.45) is 5.68. The molecule has 1 aliphatic heterocycles. The summed E-state index contributed by atoms with van der Waals surface area (Å²) in [7, 11) is 1.70. The van der Waals surface area contributed by atoms with E-state index in [1.807, 2.05) is 24.4 Å². The molecule has 0 aliphatic carbocycles. The summed E-state index contributed by atoms with van der Waals surface area (Å²) >= 11 is 0. The monoisotopic (exact) mass is 271 g/mol. The Balaban J connectivity index is 1.83. The van der Waals surface area contributed by atoms with Gasteiger partial charge in [-0.25, -0.2) is 4.98 Å². The summed E-state index contributed by atoms with van der Waals surface area (Å²) in [5.74, 6) is 1.78. The van der Waals surface area contributed by atoms with Crippen molar-refractivity contribution >= 4 is 16.6 Å². The van der Waals surface area contributed by atoms with E-state index in [0.29, 0.717) is 6.04 Å². The molecule has 20 heavy (non-hydrogen) atoms. The third kappa shape index (κ3) is 2.70. The Morgan fingerprint density at radius 3 is 3.10 bits per heavy atom. The summed E-state index contributed by atoms with van der Waals surface area (Å²) in [6, 6.07) is 8.63. The van der Waals surface area contributed by atoms with Crippen LogP contribution in [0.3, 0.4) is 0 Å². The fourth-order valence-electron chi connectivity index (χ4n) is 2.82. The van der Waals surface area contributed by atoms with E-state index >= 15 is 0 Å². The zero-order valence-corrected chi connectivity index (χ0v) is 11.9. The summed E-state index contributed by atoms with van der Waals surface area (Å²) < 4.78 is 5.46. The maximum absolute atomic E-state index is 5.46. The highest BCUT2D eigenvalue weighted by molar-refractivity contribution is 5.96. The lowest BCUT2D eigenvalue weighted by molar-refractivity contribution is 0.413. The predicted molar refractivity (Wildman–Crippen MR) is 82.4 cm³/mol. The van der Waals surface area contributed by atoms with Crippen molar-refractivity contribution in [1.29, 1.82) is 0 Å². The van der Waals surface area contributed by atoms with E-state index < -0.39 is 0 Å². The summed E-state index contributed by atoms with van der Waals surface area (Å²) in [6.45, 7) is 2.03. The molecule has 1 fully saturated rings. The van der Waals surface area contributed by atoms with Crippen molar-refractivity contribution in [3.05, 3.63) is 30.5 Å². The lowest BCUT2D eigenvalue weighted by atomic mass is 10.0. The van der Waals surface area contributed by atoms with Crippen LogP contribution < -0.4 is 15.4 Å². The number of methoxy groups -OCH3 is 1. The van der Waals surface area contributed by atoms with E-state index in [2.05, 4.69) is 21.7 Å². The summed E-state index contributed by atoms with van der Waals surface area (Å²) in [5.41, 5.74) is 0. The molecule has 2 aromatic rings. The minimum atomic E-state index is 0.538. The quantitative estimate of drug-likeness (QED) is 0.897. The first-order valence-corrected chi connectivity index (χ1v) is 7.27. The standard InChI is InChI=1S/C16H21N3O/c1-20-14-7-4-5-12-8-10-18-16(15(12)14)19-11-13-6-2-3-9-17-13/h4-5,7-8,10,13,17H,2-3,6,9,11H2,1H3,(H,18,19). The molecule has 0 radical (unpaired) electrons. The minimum Gasteiger partial charge on any atom is -0.496 e. The summed E-state index contributed by atoms with van der Waals surface area (Å²) in [5, 5.41) is 9.24. The molecule has 1 atom stereocenters. The highest BCUT2D eigenvalue weighted by Crippen LogP contribution is 2.30. The van der Waals surface area contributed by atoms with Gasteiger partial charge in [0, 0.05) is 18.8 Å². The molecule has 1 aromatic carbocycles. The Morgan fingerprint density at radius 2 is 2.30 bits per heavy atom. The first kappa shape index (κ1) is 13.2. The van der Waals surface area contributed by atoms with E-state index in [-0.39, 0.29) is 0 Å². The van der Waals surface area contributed by atoms with Crippen molar-refractivity contribution in [3.8, 4) is 5.75 Å². The second kappa shape index (κ2) is 6.09. The molecule has 1 saturated heterocycles. The molecule has 106 valence electrons. The molecule has 1 aromatic heterocycles. The second-order valence-corrected chi connectivity index (χ2v) is 5.25. The number of fused-ring (bicyclic) bond motifs is 1. The van der Waals surface area contributed by atoms with Crippen LogP contribution in [0.25, 0.3) is 10.8 Å². The molecule has 0 saturated carbocycles. The zero-order chi connectivity index (χ0) is 13.8. The van der Waals surface area contributed by atoms with Crippen LogP contribution in [0.2, 0.25) is 0 Å². The first-order chi connectivity index (χ1) is 9.88. The number of benzene rings is 1. The lowest BCUT2D eigenvalue weighted by Crippen LogP contribution is -2.39. The molecule has 4 nitrogen and oxygen atoms in total. The predicted octanol–water partition coefficient (Wildman–Crippen LogP) is 2.80. The van der Waals surface area contributed by atoms with Crippen LogP contribution >= 0.6 is 0 Å². The third-order valence-corrected chi connectivity index (χ3v) is 3.90. The van der Waals surface area contributed by atoms with Crippen LogP contribution in [0.5, 0.6) is 5.75 Å². The molecule has 0 spiro atoms. The van der Waals surface area contributed by atoms with Crippen LogP contribution in [0, 0.1) is 0 Å². The van der Waals surface area contributed by atoms with E-state index in [4.69, 9.17) is 4.74 Å². The molecule has 3 rings (SSSR count). The van der Waals surface area contributed by atoms with Crippen molar-refractivity contribution < 1.29 is 4.74 Å². The number of pyridine rings is 1. The first-order valence-electron chi connectivity index (χ1n) is 7.27. The smallest absolute Gasteiger partial charge is 0.137 e. The topological polar surface area (TPSA) is 46.2 Å². The molecule has 0 bridgehead atoms. The largest absolute Gasteiger partial charge is 0.496 e. The van der Waals surface area contributed by atoms with Gasteiger partial charge in [-0.2, -0.15) is 0 Å². The van der Waals surface area contributed by atoms with E-state index in [1.165, 1.54) is 19.3 Å². The van der Waals surface area contributed by atoms with Gasteiger partial charge in [0.25, 0.3) is 0 Å². The molecule has 4 heteroatoms. The third-order valence-electron chi connectivity index (χ3n) is 3.90. The average Bonchev–Trinajstić information content (AvgIpc) is 2.53. The van der Waals surface area contributed by atoms with E-state index in [0.717, 1.165) is 35.4 Å². The van der Waals surface area contributed by atoms with Gasteiger partial charge >= 0.3 is 0 Å². The Kier molecular flexibility index (Phi) is 4.02. The van der Waals surface area contributed by atoms with Crippen LogP contribution in [0.4, 0.5) is 5.82 Å². The Bertz CT molecular complexity index is 574. The van der Waals surface area contributed by atoms with Gasteiger partial charge in [-0.05, 0) is 36.9 Å². The highest BCUT2D eigenvalue weighted by Gasteiger charge is 2.14. The van der Waals surface area contributed by atoms with Gasteiger partial charge in [0.1, 0.15) is 11.6 Å². The molecule has 1 unspecified atom stereocenters. The average molecular weight is 271 g/mol. The fourth-order valence-corrected chi connectivity index (χ4v) is 2.82. The van der Waals surface area contributed by atoms with Crippen molar-refractivity contribution in [3.63, 3.8) is 0 Å². The Labute approximate surface area is 119 Å². The van der Waals surface area contributed by atoms with E-state index in [1.54, 1.807) is 7.11 Å². The molecular formula is C16H21N3O. The van der Waals surface area contributed by atoms with Gasteiger partial charge in [-0.3, -0.25) is 0 Å². The van der Waals surface area contributed by atoms with E-state index in [9.17, 15) is 0 Å². The maximum Gasteiger partial charge on any atom is 0.137 e. The SMILES string of the molecule is COc1cccc2ccnc(NCC3CCCCN3)c12. The maximum atomic E-state index is 5.46. The van der Waals surface area contributed by atoms with Crippen LogP contribution in [-0.4, -0.2) is 31.2 Å². The number of hydrogen-bond donors (Lipinski definition) is 2. The Hall–Kier alpha value is -1.81. The molecule has 2 heterocycles. The Morgan fingerprint density at radius 1 is 1.35 bits per heavy atom. The van der Waals surface area contributed by atoms with Crippen molar-refractivity contribution in [2.75, 3.05) is 25.5 Å². The number of nitrogens with zero attached hydrogens (tertiary/aromatic N) is 1. The molecular weight excluding hydrogens is 250 g/mol. The minimum absolute atomic E-state index is 0.538. The van der Waals surface area contributed by atoms with Crippen molar-refractivity contribution in [2.24, 2.45) is 0 Å². The van der Waals surface area contributed by atoms with Gasteiger partial charge < -0.3 is 15.4 Å². The normalized spacial score (nSPS) is 18.9. The van der Waals surface area contributed by atoms with Gasteiger partial charge in [-0.15, -0.1) is 0 Å². The number of anilines is 1. The number of hydrogen-bond acceptors (Lipinski definition) is 4. The van der Waals surface area contributed by atoms with Crippen LogP contribution in [-0.2, 0) is 0 Å². The van der Waals surface area contributed by atoms with Gasteiger partial charge in [0.05, 0.1) is 12.5 Å². The summed E-state index contributed by atoms with van der Waals surface area (Å²) in [4.78, 5) is 4.48. The number of rotatable bonds is 4. The number of ether oxygens (including phenoxy) is 1. The van der Waals surface area contributed by atoms with Crippen molar-refractivity contribution in [1.82, 2.24) is 10.3 Å². The zero-order valence-electron chi connectivity index (χ0n) is 11.9. The van der Waals surface area contributed by atoms with Crippen molar-refractivity contribution in [2.45, 2.75) is 25.3 Å².